The van der Waals surface area contributed by atoms with Crippen LogP contribution in [0.1, 0.15) is 31.4 Å². The van der Waals surface area contributed by atoms with Gasteiger partial charge in [0.25, 0.3) is 0 Å². The minimum Gasteiger partial charge on any atom is -0.492 e. The normalized spacial score (nSPS) is 13.8. The third kappa shape index (κ3) is 2.61. The van der Waals surface area contributed by atoms with Crippen LogP contribution in [0.2, 0.25) is 0 Å². The summed E-state index contributed by atoms with van der Waals surface area (Å²) in [5, 5.41) is 12.0. The van der Waals surface area contributed by atoms with Crippen molar-refractivity contribution in [3.63, 3.8) is 0 Å². The van der Waals surface area contributed by atoms with Gasteiger partial charge in [-0.15, -0.1) is 10.2 Å². The summed E-state index contributed by atoms with van der Waals surface area (Å²) in [4.78, 5) is 0. The number of hydrogen-bond acceptors (Lipinski definition) is 4. The molecule has 1 aromatic heterocycles. The van der Waals surface area contributed by atoms with Gasteiger partial charge in [0.2, 0.25) is 0 Å². The number of para-hydroxylation sites is 2. The Morgan fingerprint density at radius 1 is 1.25 bits per heavy atom. The van der Waals surface area contributed by atoms with Gasteiger partial charge < -0.3 is 14.6 Å². The van der Waals surface area contributed by atoms with Crippen LogP contribution in [0.3, 0.4) is 0 Å². The molecule has 0 amide bonds. The lowest BCUT2D eigenvalue weighted by atomic mass is 10.2. The molecule has 1 aliphatic rings. The maximum Gasteiger partial charge on any atom is 0.152 e. The van der Waals surface area contributed by atoms with Gasteiger partial charge in [0.15, 0.2) is 5.82 Å². The summed E-state index contributed by atoms with van der Waals surface area (Å²) >= 11 is 0. The number of aryl methyl sites for hydroxylation is 1. The lowest BCUT2D eigenvalue weighted by molar-refractivity contribution is 0.341. The van der Waals surface area contributed by atoms with E-state index in [-0.39, 0.29) is 0 Å². The smallest absolute Gasteiger partial charge is 0.152 e. The molecule has 0 bridgehead atoms. The Kier molecular flexibility index (Phi) is 3.85. The quantitative estimate of drug-likeness (QED) is 0.909. The van der Waals surface area contributed by atoms with Crippen molar-refractivity contribution < 1.29 is 4.74 Å². The van der Waals surface area contributed by atoms with E-state index >= 15 is 0 Å². The van der Waals surface area contributed by atoms with Gasteiger partial charge in [-0.1, -0.05) is 12.1 Å². The average Bonchev–Trinajstić information content (AvgIpc) is 2.90. The minimum absolute atomic E-state index is 0.666. The predicted octanol–water partition coefficient (Wildman–Crippen LogP) is 2.63. The molecule has 3 rings (SSSR count). The van der Waals surface area contributed by atoms with Crippen molar-refractivity contribution in [1.82, 2.24) is 14.8 Å². The maximum absolute atomic E-state index is 5.61. The molecule has 5 nitrogen and oxygen atoms in total. The summed E-state index contributed by atoms with van der Waals surface area (Å²) in [6, 6.07) is 7.99. The third-order valence-corrected chi connectivity index (χ3v) is 3.56. The molecule has 1 aromatic carbocycles. The molecule has 1 N–H and O–H groups in total. The molecule has 0 atom stereocenters. The number of nitrogens with one attached hydrogen (secondary N) is 1. The van der Waals surface area contributed by atoms with Gasteiger partial charge in [0.1, 0.15) is 11.6 Å². The lowest BCUT2D eigenvalue weighted by Gasteiger charge is -2.16. The number of ether oxygens (including phenoxy) is 1. The Bertz CT molecular complexity index is 579. The molecule has 5 heteroatoms. The van der Waals surface area contributed by atoms with E-state index in [2.05, 4.69) is 20.1 Å². The van der Waals surface area contributed by atoms with Crippen molar-refractivity contribution >= 4 is 5.69 Å². The second-order valence-corrected chi connectivity index (χ2v) is 4.92. The van der Waals surface area contributed by atoms with Crippen molar-refractivity contribution in [2.24, 2.45) is 0 Å². The fourth-order valence-corrected chi connectivity index (χ4v) is 2.57. The number of anilines is 1. The lowest BCUT2D eigenvalue weighted by Crippen LogP contribution is -2.15. The van der Waals surface area contributed by atoms with E-state index in [0.29, 0.717) is 13.2 Å². The summed E-state index contributed by atoms with van der Waals surface area (Å²) < 4.78 is 7.85. The largest absolute Gasteiger partial charge is 0.492 e. The molecule has 2 heterocycles. The summed E-state index contributed by atoms with van der Waals surface area (Å²) in [7, 11) is 0. The van der Waals surface area contributed by atoms with Crippen LogP contribution in [0.5, 0.6) is 5.75 Å². The molecule has 0 saturated carbocycles. The van der Waals surface area contributed by atoms with Crippen molar-refractivity contribution in [3.05, 3.63) is 35.9 Å². The zero-order valence-corrected chi connectivity index (χ0v) is 11.8. The monoisotopic (exact) mass is 272 g/mol. The summed E-state index contributed by atoms with van der Waals surface area (Å²) in [5.74, 6) is 3.01. The van der Waals surface area contributed by atoms with Gasteiger partial charge in [-0.25, -0.2) is 0 Å². The van der Waals surface area contributed by atoms with Crippen LogP contribution in [0.25, 0.3) is 0 Å². The zero-order chi connectivity index (χ0) is 13.8. The summed E-state index contributed by atoms with van der Waals surface area (Å²) in [5.41, 5.74) is 1.00. The van der Waals surface area contributed by atoms with Gasteiger partial charge in [-0.3, -0.25) is 0 Å². The highest BCUT2D eigenvalue weighted by Gasteiger charge is 2.15. The standard InChI is InChI=1S/C15H20N4O/c1-2-20-13-8-4-3-7-12(13)16-11-15-18-17-14-9-5-6-10-19(14)15/h3-4,7-8,16H,2,5-6,9-11H2,1H3. The van der Waals surface area contributed by atoms with Crippen LogP contribution in [-0.4, -0.2) is 21.4 Å². The number of nitrogens with zero attached hydrogens (tertiary/aromatic N) is 3. The van der Waals surface area contributed by atoms with Crippen LogP contribution in [-0.2, 0) is 19.5 Å². The van der Waals surface area contributed by atoms with E-state index in [4.69, 9.17) is 4.74 Å². The van der Waals surface area contributed by atoms with Gasteiger partial charge in [-0.2, -0.15) is 0 Å². The Balaban J connectivity index is 1.72. The van der Waals surface area contributed by atoms with Crippen LogP contribution in [0.15, 0.2) is 24.3 Å². The van der Waals surface area contributed by atoms with Gasteiger partial charge in [0, 0.05) is 13.0 Å². The molecule has 106 valence electrons. The molecular weight excluding hydrogens is 252 g/mol. The first-order chi connectivity index (χ1) is 9.88. The number of fused-ring (bicyclic) bond motifs is 1. The zero-order valence-electron chi connectivity index (χ0n) is 11.8. The first kappa shape index (κ1) is 13.0. The number of aromatic nitrogens is 3. The van der Waals surface area contributed by atoms with Crippen molar-refractivity contribution in [2.45, 2.75) is 39.3 Å². The van der Waals surface area contributed by atoms with E-state index in [1.165, 1.54) is 12.8 Å². The van der Waals surface area contributed by atoms with E-state index in [9.17, 15) is 0 Å². The molecule has 0 spiro atoms. The van der Waals surface area contributed by atoms with Crippen molar-refractivity contribution in [2.75, 3.05) is 11.9 Å². The van der Waals surface area contributed by atoms with Crippen LogP contribution in [0, 0.1) is 0 Å². The molecular formula is C15H20N4O. The molecule has 0 saturated heterocycles. The fraction of sp³-hybridized carbons (Fsp3) is 0.467. The Morgan fingerprint density at radius 3 is 3.05 bits per heavy atom. The second kappa shape index (κ2) is 5.94. The van der Waals surface area contributed by atoms with E-state index in [0.717, 1.165) is 36.1 Å². The Morgan fingerprint density at radius 2 is 2.15 bits per heavy atom. The molecule has 0 fully saturated rings. The van der Waals surface area contributed by atoms with Gasteiger partial charge in [-0.05, 0) is 31.9 Å². The second-order valence-electron chi connectivity index (χ2n) is 4.92. The summed E-state index contributed by atoms with van der Waals surface area (Å²) in [6.45, 7) is 4.37. The van der Waals surface area contributed by atoms with E-state index in [1.54, 1.807) is 0 Å². The maximum atomic E-state index is 5.61. The first-order valence-electron chi connectivity index (χ1n) is 7.25. The molecule has 0 aliphatic carbocycles. The van der Waals surface area contributed by atoms with E-state index in [1.807, 2.05) is 31.2 Å². The number of hydrogen-bond donors (Lipinski definition) is 1. The highest BCUT2D eigenvalue weighted by molar-refractivity contribution is 5.56. The molecule has 20 heavy (non-hydrogen) atoms. The van der Waals surface area contributed by atoms with Crippen LogP contribution < -0.4 is 10.1 Å². The topological polar surface area (TPSA) is 52.0 Å². The highest BCUT2D eigenvalue weighted by Crippen LogP contribution is 2.24. The molecule has 1 aliphatic heterocycles. The average molecular weight is 272 g/mol. The Labute approximate surface area is 119 Å². The number of benzene rings is 1. The predicted molar refractivity (Wildman–Crippen MR) is 77.9 cm³/mol. The molecule has 0 unspecified atom stereocenters. The highest BCUT2D eigenvalue weighted by atomic mass is 16.5. The SMILES string of the molecule is CCOc1ccccc1NCc1nnc2n1CCCC2. The van der Waals surface area contributed by atoms with E-state index < -0.39 is 0 Å². The Hall–Kier alpha value is -2.04. The summed E-state index contributed by atoms with van der Waals surface area (Å²) in [6.07, 6.45) is 3.48. The first-order valence-corrected chi connectivity index (χ1v) is 7.25. The van der Waals surface area contributed by atoms with Crippen LogP contribution in [0.4, 0.5) is 5.69 Å². The molecule has 0 radical (unpaired) electrons. The van der Waals surface area contributed by atoms with Gasteiger partial charge >= 0.3 is 0 Å². The fourth-order valence-electron chi connectivity index (χ4n) is 2.57. The number of rotatable bonds is 5. The van der Waals surface area contributed by atoms with Crippen LogP contribution >= 0.6 is 0 Å². The molecule has 2 aromatic rings. The minimum atomic E-state index is 0.666. The van der Waals surface area contributed by atoms with Gasteiger partial charge in [0.05, 0.1) is 18.8 Å². The van der Waals surface area contributed by atoms with Crippen molar-refractivity contribution in [3.8, 4) is 5.75 Å². The van der Waals surface area contributed by atoms with Crippen molar-refractivity contribution in [1.29, 1.82) is 0 Å². The third-order valence-electron chi connectivity index (χ3n) is 3.56.